The number of fused-ring (bicyclic) bond motifs is 1. The predicted molar refractivity (Wildman–Crippen MR) is 113 cm³/mol. The van der Waals surface area contributed by atoms with Gasteiger partial charge in [0.1, 0.15) is 11.1 Å². The van der Waals surface area contributed by atoms with Gasteiger partial charge in [-0.05, 0) is 63.5 Å². The Morgan fingerprint density at radius 1 is 1.26 bits per heavy atom. The zero-order valence-corrected chi connectivity index (χ0v) is 18.8. The van der Waals surface area contributed by atoms with E-state index in [1.54, 1.807) is 5.32 Å². The molecule has 0 atom stereocenters. The number of carbonyl (C=O) groups is 2. The number of amides is 1. The van der Waals surface area contributed by atoms with E-state index >= 15 is 0 Å². The first-order valence-corrected chi connectivity index (χ1v) is 10.7. The summed E-state index contributed by atoms with van der Waals surface area (Å²) in [7, 11) is 0. The molecule has 1 aliphatic carbocycles. The minimum Gasteiger partial charge on any atom is -1.00 e. The van der Waals surface area contributed by atoms with Crippen LogP contribution < -0.4 is 24.2 Å². The predicted octanol–water partition coefficient (Wildman–Crippen LogP) is 1.67. The Bertz CT molecular complexity index is 1160. The molecule has 1 aromatic heterocycles. The number of nitrogens with one attached hydrogen (secondary N) is 1. The molecule has 0 spiro atoms. The van der Waals surface area contributed by atoms with Crippen LogP contribution in [0.3, 0.4) is 0 Å². The van der Waals surface area contributed by atoms with Crippen molar-refractivity contribution in [2.24, 2.45) is 0 Å². The fraction of sp³-hybridized carbons (Fsp3) is 0.250. The third kappa shape index (κ3) is 4.98. The van der Waals surface area contributed by atoms with Gasteiger partial charge in [0, 0.05) is 5.39 Å². The normalized spacial score (nSPS) is 13.6. The number of aliphatic carboxylic acids is 1. The first kappa shape index (κ1) is 23.8. The van der Waals surface area contributed by atoms with Gasteiger partial charge >= 0.3 is 36.0 Å². The van der Waals surface area contributed by atoms with E-state index in [0.717, 1.165) is 23.6 Å². The van der Waals surface area contributed by atoms with Crippen LogP contribution in [0.25, 0.3) is 16.5 Å². The maximum atomic E-state index is 14.4. The summed E-state index contributed by atoms with van der Waals surface area (Å²) in [6, 6.07) is 11.6. The van der Waals surface area contributed by atoms with Gasteiger partial charge in [-0.3, -0.25) is 14.2 Å². The molecule has 0 unspecified atom stereocenters. The number of imidazole rings is 1. The van der Waals surface area contributed by atoms with Crippen LogP contribution in [0.15, 0.2) is 52.4 Å². The molecule has 1 heterocycles. The number of thioether (sulfide) groups is 1. The summed E-state index contributed by atoms with van der Waals surface area (Å²) < 4.78 is 30.9. The van der Waals surface area contributed by atoms with Gasteiger partial charge in [0.15, 0.2) is 5.16 Å². The van der Waals surface area contributed by atoms with Crippen LogP contribution in [-0.4, -0.2) is 38.3 Å². The zero-order valence-electron chi connectivity index (χ0n) is 17.4. The molecule has 3 aromatic rings. The minimum atomic E-state index is -3.90. The molecule has 0 bridgehead atoms. The van der Waals surface area contributed by atoms with Crippen LogP contribution >= 0.6 is 27.7 Å². The molecule has 31 heavy (non-hydrogen) atoms. The summed E-state index contributed by atoms with van der Waals surface area (Å²) in [5.74, 6) is -2.57. The quantitative estimate of drug-likeness (QED) is 0.378. The number of rotatable bonds is 7. The summed E-state index contributed by atoms with van der Waals surface area (Å²) in [5.41, 5.74) is 1.89. The molecule has 1 amide bonds. The standard InChI is InChI=1S/C20H16BrF2N3O3S.Li.H/c21-16-9-25-19(30-20(22,23)18(29)24-10-17(27)28)26(16)15-8-7-12(11-5-6-11)13-3-1-2-4-14(13)15;;/h1-4,7-9,11H,5-6,10H2,(H,24,29)(H,27,28);;/q;+1;-1. The molecule has 4 rings (SSSR count). The van der Waals surface area contributed by atoms with Crippen LogP contribution in [0.5, 0.6) is 0 Å². The average Bonchev–Trinajstić information content (AvgIpc) is 3.49. The van der Waals surface area contributed by atoms with Crippen molar-refractivity contribution < 1.29 is 43.8 Å². The van der Waals surface area contributed by atoms with Crippen LogP contribution in [0, 0.1) is 0 Å². The second kappa shape index (κ2) is 9.33. The number of carbonyl (C=O) groups excluding carboxylic acids is 1. The van der Waals surface area contributed by atoms with E-state index in [2.05, 4.69) is 20.9 Å². The van der Waals surface area contributed by atoms with Crippen molar-refractivity contribution >= 4 is 50.3 Å². The van der Waals surface area contributed by atoms with E-state index in [9.17, 15) is 18.4 Å². The van der Waals surface area contributed by atoms with Gasteiger partial charge in [0.25, 0.3) is 0 Å². The van der Waals surface area contributed by atoms with E-state index in [4.69, 9.17) is 5.11 Å². The number of hydrogen-bond acceptors (Lipinski definition) is 4. The van der Waals surface area contributed by atoms with Crippen molar-refractivity contribution in [3.63, 3.8) is 0 Å². The van der Waals surface area contributed by atoms with E-state index in [-0.39, 0.29) is 37.2 Å². The molecule has 6 nitrogen and oxygen atoms in total. The molecule has 1 fully saturated rings. The van der Waals surface area contributed by atoms with Gasteiger partial charge in [0.05, 0.1) is 11.9 Å². The molecule has 158 valence electrons. The maximum Gasteiger partial charge on any atom is 1.00 e. The zero-order chi connectivity index (χ0) is 21.5. The van der Waals surface area contributed by atoms with Gasteiger partial charge in [-0.2, -0.15) is 8.78 Å². The summed E-state index contributed by atoms with van der Waals surface area (Å²) in [6.07, 6.45) is 3.66. The van der Waals surface area contributed by atoms with Gasteiger partial charge in [-0.15, -0.1) is 0 Å². The third-order valence-electron chi connectivity index (χ3n) is 4.76. The number of alkyl halides is 2. The fourth-order valence-corrected chi connectivity index (χ4v) is 4.64. The maximum absolute atomic E-state index is 14.4. The Labute approximate surface area is 202 Å². The SMILES string of the molecule is O=C(O)CNC(=O)C(F)(F)Sc1ncc(Br)n1-c1ccc(C2CC2)c2ccccc12.[H-].[Li+]. The second-order valence-corrected chi connectivity index (χ2v) is 8.78. The van der Waals surface area contributed by atoms with E-state index in [0.29, 0.717) is 16.2 Å². The number of benzene rings is 2. The minimum absolute atomic E-state index is 0. The Morgan fingerprint density at radius 3 is 2.58 bits per heavy atom. The summed E-state index contributed by atoms with van der Waals surface area (Å²) in [4.78, 5) is 26.4. The molecule has 0 aliphatic heterocycles. The van der Waals surface area contributed by atoms with Gasteiger partial charge in [-0.25, -0.2) is 4.98 Å². The molecule has 0 saturated heterocycles. The van der Waals surface area contributed by atoms with E-state index < -0.39 is 23.7 Å². The monoisotopic (exact) mass is 503 g/mol. The van der Waals surface area contributed by atoms with Crippen molar-refractivity contribution in [1.82, 2.24) is 14.9 Å². The summed E-state index contributed by atoms with van der Waals surface area (Å²) in [5, 5.41) is 8.25. The molecular weight excluding hydrogens is 487 g/mol. The Hall–Kier alpha value is -1.86. The molecular formula is C20H17BrF2LiN3O3S. The smallest absolute Gasteiger partial charge is 1.00 e. The Kier molecular flexibility index (Phi) is 7.16. The average molecular weight is 504 g/mol. The van der Waals surface area contributed by atoms with Crippen LogP contribution in [0.4, 0.5) is 8.78 Å². The Balaban J connectivity index is 0.00000181. The topological polar surface area (TPSA) is 84.2 Å². The largest absolute Gasteiger partial charge is 1.00 e. The summed E-state index contributed by atoms with van der Waals surface area (Å²) in [6.45, 7) is -0.889. The molecule has 0 radical (unpaired) electrons. The Morgan fingerprint density at radius 2 is 1.94 bits per heavy atom. The van der Waals surface area contributed by atoms with E-state index in [1.807, 2.05) is 36.4 Å². The van der Waals surface area contributed by atoms with Crippen molar-refractivity contribution in [2.45, 2.75) is 29.2 Å². The third-order valence-corrected chi connectivity index (χ3v) is 6.23. The fourth-order valence-electron chi connectivity index (χ4n) is 3.28. The van der Waals surface area contributed by atoms with Crippen molar-refractivity contribution in [1.29, 1.82) is 0 Å². The first-order valence-electron chi connectivity index (χ1n) is 9.10. The number of carboxylic acids is 1. The first-order chi connectivity index (χ1) is 14.3. The van der Waals surface area contributed by atoms with Gasteiger partial charge in [0.2, 0.25) is 0 Å². The van der Waals surface area contributed by atoms with Crippen LogP contribution in [0.1, 0.15) is 25.7 Å². The molecule has 1 saturated carbocycles. The molecule has 2 N–H and O–H groups in total. The molecule has 11 heteroatoms. The van der Waals surface area contributed by atoms with E-state index in [1.165, 1.54) is 16.3 Å². The van der Waals surface area contributed by atoms with Gasteiger partial charge < -0.3 is 11.8 Å². The number of halogens is 3. The van der Waals surface area contributed by atoms with Crippen molar-refractivity contribution in [3.05, 3.63) is 52.8 Å². The molecule has 2 aromatic carbocycles. The number of carboxylic acid groups (broad SMARTS) is 1. The van der Waals surface area contributed by atoms with Crippen LogP contribution in [0.2, 0.25) is 0 Å². The van der Waals surface area contributed by atoms with Crippen molar-refractivity contribution in [3.8, 4) is 5.69 Å². The number of nitrogens with zero attached hydrogens (tertiary/aromatic N) is 2. The summed E-state index contributed by atoms with van der Waals surface area (Å²) >= 11 is 3.32. The second-order valence-electron chi connectivity index (χ2n) is 6.89. The van der Waals surface area contributed by atoms with Crippen LogP contribution in [-0.2, 0) is 9.59 Å². The number of aromatic nitrogens is 2. The number of hydrogen-bond donors (Lipinski definition) is 2. The van der Waals surface area contributed by atoms with Gasteiger partial charge in [-0.1, -0.05) is 30.3 Å². The van der Waals surface area contributed by atoms with Crippen molar-refractivity contribution in [2.75, 3.05) is 6.54 Å². The molecule has 1 aliphatic rings.